The van der Waals surface area contributed by atoms with Crippen LogP contribution < -0.4 is 11.5 Å². The molecule has 11 heavy (non-hydrogen) atoms. The van der Waals surface area contributed by atoms with E-state index in [0.717, 1.165) is 19.3 Å². The summed E-state index contributed by atoms with van der Waals surface area (Å²) in [5.74, 6) is -0.827. The third kappa shape index (κ3) is 1.91. The summed E-state index contributed by atoms with van der Waals surface area (Å²) in [4.78, 5) is 10.4. The third-order valence-electron chi connectivity index (χ3n) is 2.31. The number of hydrogen-bond acceptors (Lipinski definition) is 3. The lowest BCUT2D eigenvalue weighted by molar-refractivity contribution is -0.139. The topological polar surface area (TPSA) is 89.3 Å². The summed E-state index contributed by atoms with van der Waals surface area (Å²) in [5, 5.41) is 8.56. The number of carboxylic acid groups (broad SMARTS) is 1. The fourth-order valence-corrected chi connectivity index (χ4v) is 1.58. The summed E-state index contributed by atoms with van der Waals surface area (Å²) in [6.45, 7) is 0. The third-order valence-corrected chi connectivity index (χ3v) is 2.31. The van der Waals surface area contributed by atoms with Crippen molar-refractivity contribution in [3.8, 4) is 0 Å². The lowest BCUT2D eigenvalue weighted by Gasteiger charge is -2.13. The van der Waals surface area contributed by atoms with Crippen LogP contribution in [0.2, 0.25) is 0 Å². The monoisotopic (exact) mass is 158 g/mol. The minimum atomic E-state index is -0.913. The van der Waals surface area contributed by atoms with Crippen molar-refractivity contribution in [1.82, 2.24) is 0 Å². The fraction of sp³-hybridized carbons (Fsp3) is 0.857. The second-order valence-corrected chi connectivity index (χ2v) is 3.20. The van der Waals surface area contributed by atoms with Gasteiger partial charge in [0.05, 0.1) is 0 Å². The molecule has 0 saturated heterocycles. The van der Waals surface area contributed by atoms with Gasteiger partial charge in [-0.15, -0.1) is 0 Å². The van der Waals surface area contributed by atoms with Crippen LogP contribution in [0.15, 0.2) is 0 Å². The van der Waals surface area contributed by atoms with Crippen LogP contribution in [0.3, 0.4) is 0 Å². The molecule has 0 unspecified atom stereocenters. The maximum atomic E-state index is 10.4. The number of nitrogens with two attached hydrogens (primary N) is 2. The summed E-state index contributed by atoms with van der Waals surface area (Å²) in [6.07, 6.45) is 2.52. The Bertz CT molecular complexity index is 161. The Kier molecular flexibility index (Phi) is 2.46. The number of carboxylic acids is 1. The van der Waals surface area contributed by atoms with Crippen LogP contribution in [0.25, 0.3) is 0 Å². The second kappa shape index (κ2) is 3.19. The Hall–Kier alpha value is -0.610. The molecule has 1 saturated carbocycles. The standard InChI is InChI=1S/C7H14N2O2/c8-5-2-1-4(3-5)6(9)7(10)11/h4-6H,1-3,8-9H2,(H,10,11)/t4-,5+,6-/m1/s1. The van der Waals surface area contributed by atoms with Crippen LogP contribution in [0.5, 0.6) is 0 Å². The largest absolute Gasteiger partial charge is 0.480 e. The molecule has 0 aliphatic heterocycles. The second-order valence-electron chi connectivity index (χ2n) is 3.20. The molecule has 0 aromatic rings. The maximum absolute atomic E-state index is 10.4. The summed E-state index contributed by atoms with van der Waals surface area (Å²) in [7, 11) is 0. The Morgan fingerprint density at radius 2 is 2.18 bits per heavy atom. The van der Waals surface area contributed by atoms with Gasteiger partial charge in [-0.2, -0.15) is 0 Å². The van der Waals surface area contributed by atoms with Crippen LogP contribution in [-0.4, -0.2) is 23.2 Å². The van der Waals surface area contributed by atoms with Gasteiger partial charge < -0.3 is 16.6 Å². The van der Waals surface area contributed by atoms with Crippen molar-refractivity contribution in [2.24, 2.45) is 17.4 Å². The first-order valence-corrected chi connectivity index (χ1v) is 3.85. The van der Waals surface area contributed by atoms with Crippen LogP contribution in [0.4, 0.5) is 0 Å². The van der Waals surface area contributed by atoms with Crippen molar-refractivity contribution < 1.29 is 9.90 Å². The Labute approximate surface area is 65.6 Å². The SMILES string of the molecule is N[C@H]1CC[C@@H]([C@@H](N)C(=O)O)C1. The summed E-state index contributed by atoms with van der Waals surface area (Å²) in [6, 6.07) is -0.561. The highest BCUT2D eigenvalue weighted by Gasteiger charge is 2.30. The quantitative estimate of drug-likeness (QED) is 0.506. The van der Waals surface area contributed by atoms with Gasteiger partial charge in [-0.1, -0.05) is 0 Å². The van der Waals surface area contributed by atoms with Crippen LogP contribution >= 0.6 is 0 Å². The van der Waals surface area contributed by atoms with Crippen molar-refractivity contribution in [3.05, 3.63) is 0 Å². The number of aliphatic carboxylic acids is 1. The molecule has 1 aliphatic carbocycles. The fourth-order valence-electron chi connectivity index (χ4n) is 1.58. The van der Waals surface area contributed by atoms with E-state index in [4.69, 9.17) is 16.6 Å². The van der Waals surface area contributed by atoms with Crippen molar-refractivity contribution in [1.29, 1.82) is 0 Å². The van der Waals surface area contributed by atoms with E-state index < -0.39 is 12.0 Å². The molecule has 0 heterocycles. The van der Waals surface area contributed by atoms with E-state index in [1.165, 1.54) is 0 Å². The highest BCUT2D eigenvalue weighted by molar-refractivity contribution is 5.73. The average Bonchev–Trinajstić information content (AvgIpc) is 2.34. The van der Waals surface area contributed by atoms with Crippen molar-refractivity contribution in [3.63, 3.8) is 0 Å². The van der Waals surface area contributed by atoms with Gasteiger partial charge in [0.1, 0.15) is 6.04 Å². The van der Waals surface area contributed by atoms with Crippen LogP contribution in [0, 0.1) is 5.92 Å². The van der Waals surface area contributed by atoms with E-state index in [1.807, 2.05) is 0 Å². The van der Waals surface area contributed by atoms with Gasteiger partial charge in [-0.25, -0.2) is 0 Å². The van der Waals surface area contributed by atoms with Gasteiger partial charge in [-0.05, 0) is 25.2 Å². The zero-order valence-electron chi connectivity index (χ0n) is 6.36. The van der Waals surface area contributed by atoms with Gasteiger partial charge in [0.25, 0.3) is 0 Å². The zero-order valence-corrected chi connectivity index (χ0v) is 6.36. The van der Waals surface area contributed by atoms with Gasteiger partial charge in [0.15, 0.2) is 0 Å². The lowest BCUT2D eigenvalue weighted by Crippen LogP contribution is -2.37. The zero-order chi connectivity index (χ0) is 8.43. The predicted molar refractivity (Wildman–Crippen MR) is 40.9 cm³/mol. The maximum Gasteiger partial charge on any atom is 0.320 e. The molecule has 64 valence electrons. The molecule has 0 spiro atoms. The van der Waals surface area contributed by atoms with Crippen molar-refractivity contribution >= 4 is 5.97 Å². The first kappa shape index (κ1) is 8.49. The predicted octanol–water partition coefficient (Wildman–Crippen LogP) is -0.474. The molecule has 4 heteroatoms. The first-order chi connectivity index (χ1) is 5.11. The van der Waals surface area contributed by atoms with E-state index in [0.29, 0.717) is 0 Å². The number of carbonyl (C=O) groups is 1. The number of hydrogen-bond donors (Lipinski definition) is 3. The summed E-state index contributed by atoms with van der Waals surface area (Å²) < 4.78 is 0. The van der Waals surface area contributed by atoms with E-state index in [-0.39, 0.29) is 12.0 Å². The minimum Gasteiger partial charge on any atom is -0.480 e. The van der Waals surface area contributed by atoms with Crippen LogP contribution in [-0.2, 0) is 4.79 Å². The number of rotatable bonds is 2. The van der Waals surface area contributed by atoms with Crippen molar-refractivity contribution in [2.75, 3.05) is 0 Å². The molecule has 0 aromatic carbocycles. The lowest BCUT2D eigenvalue weighted by atomic mass is 9.99. The first-order valence-electron chi connectivity index (χ1n) is 3.85. The van der Waals surface area contributed by atoms with E-state index in [2.05, 4.69) is 0 Å². The van der Waals surface area contributed by atoms with Gasteiger partial charge in [0, 0.05) is 6.04 Å². The van der Waals surface area contributed by atoms with Gasteiger partial charge in [0.2, 0.25) is 0 Å². The molecule has 0 radical (unpaired) electrons. The molecule has 0 aromatic heterocycles. The van der Waals surface area contributed by atoms with Gasteiger partial charge >= 0.3 is 5.97 Å². The molecular weight excluding hydrogens is 144 g/mol. The molecule has 1 rings (SSSR count). The molecule has 5 N–H and O–H groups in total. The molecule has 1 fully saturated rings. The Balaban J connectivity index is 2.43. The van der Waals surface area contributed by atoms with E-state index in [1.54, 1.807) is 0 Å². The smallest absolute Gasteiger partial charge is 0.320 e. The molecule has 3 atom stereocenters. The molecule has 0 bridgehead atoms. The molecular formula is C7H14N2O2. The van der Waals surface area contributed by atoms with Gasteiger partial charge in [-0.3, -0.25) is 4.79 Å². The normalized spacial score (nSPS) is 33.6. The Morgan fingerprint density at radius 1 is 1.55 bits per heavy atom. The summed E-state index contributed by atoms with van der Waals surface area (Å²) in [5.41, 5.74) is 11.0. The van der Waals surface area contributed by atoms with Crippen LogP contribution in [0.1, 0.15) is 19.3 Å². The van der Waals surface area contributed by atoms with Crippen molar-refractivity contribution in [2.45, 2.75) is 31.3 Å². The average molecular weight is 158 g/mol. The van der Waals surface area contributed by atoms with E-state index >= 15 is 0 Å². The molecule has 1 aliphatic rings. The minimum absolute atomic E-state index is 0.0856. The highest BCUT2D eigenvalue weighted by Crippen LogP contribution is 2.26. The Morgan fingerprint density at radius 3 is 2.55 bits per heavy atom. The highest BCUT2D eigenvalue weighted by atomic mass is 16.4. The molecule has 0 amide bonds. The summed E-state index contributed by atoms with van der Waals surface area (Å²) >= 11 is 0. The van der Waals surface area contributed by atoms with E-state index in [9.17, 15) is 4.79 Å². The molecule has 4 nitrogen and oxygen atoms in total.